The van der Waals surface area contributed by atoms with E-state index in [2.05, 4.69) is 14.9 Å². The highest BCUT2D eigenvalue weighted by Crippen LogP contribution is 2.27. The Bertz CT molecular complexity index is 1090. The van der Waals surface area contributed by atoms with E-state index >= 15 is 0 Å². The molecule has 1 aromatic carbocycles. The summed E-state index contributed by atoms with van der Waals surface area (Å²) in [6, 6.07) is 10.1. The minimum atomic E-state index is -5.08. The minimum Gasteiger partial charge on any atom is -0.475 e. The molecule has 12 heteroatoms. The van der Waals surface area contributed by atoms with Crippen LogP contribution in [0.5, 0.6) is 0 Å². The number of rotatable bonds is 3. The number of pyridine rings is 1. The summed E-state index contributed by atoms with van der Waals surface area (Å²) in [5.74, 6) is -1.66. The van der Waals surface area contributed by atoms with E-state index in [4.69, 9.17) is 25.4 Å². The van der Waals surface area contributed by atoms with Gasteiger partial charge in [-0.05, 0) is 36.4 Å². The fraction of sp³-hybridized carbons (Fsp3) is 0.300. The summed E-state index contributed by atoms with van der Waals surface area (Å²) in [6.07, 6.45) is -5.08. The Morgan fingerprint density at radius 3 is 2.25 bits per heavy atom. The quantitative estimate of drug-likeness (QED) is 0.582. The number of fused-ring (bicyclic) bond motifs is 1. The second-order valence-corrected chi connectivity index (χ2v) is 6.64. The largest absolute Gasteiger partial charge is 0.490 e. The van der Waals surface area contributed by atoms with Gasteiger partial charge in [-0.1, -0.05) is 0 Å². The Kier molecular flexibility index (Phi) is 7.15. The molecule has 3 N–H and O–H groups in total. The maximum absolute atomic E-state index is 13.2. The van der Waals surface area contributed by atoms with Gasteiger partial charge >= 0.3 is 12.1 Å². The molecule has 1 aliphatic heterocycles. The number of morpholine rings is 1. The molecule has 0 unspecified atom stereocenters. The summed E-state index contributed by atoms with van der Waals surface area (Å²) < 4.78 is 50.3. The first-order valence-electron chi connectivity index (χ1n) is 9.45. The van der Waals surface area contributed by atoms with E-state index in [1.807, 2.05) is 12.1 Å². The summed E-state index contributed by atoms with van der Waals surface area (Å²) >= 11 is 0. The summed E-state index contributed by atoms with van der Waals surface area (Å²) in [7, 11) is 0. The lowest BCUT2D eigenvalue weighted by Crippen LogP contribution is -2.37. The number of benzene rings is 1. The molecule has 3 heterocycles. The molecule has 8 nitrogen and oxygen atoms in total. The zero-order chi connectivity index (χ0) is 23.3. The number of carboxylic acid groups (broad SMARTS) is 1. The van der Waals surface area contributed by atoms with Gasteiger partial charge in [0.1, 0.15) is 17.2 Å². The van der Waals surface area contributed by atoms with Crippen molar-refractivity contribution in [3.05, 3.63) is 48.0 Å². The van der Waals surface area contributed by atoms with Crippen LogP contribution >= 0.6 is 0 Å². The number of alkyl halides is 3. The third-order valence-electron chi connectivity index (χ3n) is 4.45. The number of nitrogens with zero attached hydrogens (tertiary/aromatic N) is 4. The van der Waals surface area contributed by atoms with E-state index < -0.39 is 12.1 Å². The number of halogens is 4. The molecular weight excluding hydrogens is 434 g/mol. The molecule has 0 bridgehead atoms. The van der Waals surface area contributed by atoms with Gasteiger partial charge in [0.25, 0.3) is 0 Å². The van der Waals surface area contributed by atoms with Crippen LogP contribution in [0.1, 0.15) is 5.82 Å². The average molecular weight is 453 g/mol. The summed E-state index contributed by atoms with van der Waals surface area (Å²) in [5.41, 5.74) is 8.83. The molecule has 32 heavy (non-hydrogen) atoms. The van der Waals surface area contributed by atoms with Gasteiger partial charge in [0.05, 0.1) is 31.0 Å². The highest BCUT2D eigenvalue weighted by atomic mass is 19.4. The maximum Gasteiger partial charge on any atom is 0.490 e. The van der Waals surface area contributed by atoms with E-state index in [1.54, 1.807) is 12.1 Å². The fourth-order valence-corrected chi connectivity index (χ4v) is 2.91. The van der Waals surface area contributed by atoms with Gasteiger partial charge in [-0.25, -0.2) is 24.1 Å². The third-order valence-corrected chi connectivity index (χ3v) is 4.45. The number of anilines is 1. The van der Waals surface area contributed by atoms with Gasteiger partial charge < -0.3 is 20.5 Å². The zero-order valence-electron chi connectivity index (χ0n) is 16.6. The molecule has 0 amide bonds. The first-order valence-corrected chi connectivity index (χ1v) is 9.45. The van der Waals surface area contributed by atoms with Gasteiger partial charge in [-0.3, -0.25) is 0 Å². The first-order chi connectivity index (χ1) is 15.2. The van der Waals surface area contributed by atoms with Gasteiger partial charge in [0.2, 0.25) is 0 Å². The van der Waals surface area contributed by atoms with Crippen LogP contribution < -0.4 is 10.6 Å². The number of carboxylic acids is 1. The molecule has 1 aliphatic rings. The van der Waals surface area contributed by atoms with Crippen LogP contribution in [-0.2, 0) is 16.1 Å². The smallest absolute Gasteiger partial charge is 0.475 e. The standard InChI is InChI=1S/C18H18FN5O.C2HF3O2/c19-13-3-1-12(2-4-13)14-5-6-15-17(22-14)18(23-16(11-20)21-15)24-7-9-25-10-8-24;3-2(4,5)1(6)7/h1-6H,7-11,20H2;(H,6,7). The molecule has 0 spiro atoms. The SMILES string of the molecule is NCc1nc(N2CCOCC2)c2nc(-c3ccc(F)cc3)ccc2n1.O=C(O)C(F)(F)F. The number of ether oxygens (including phenoxy) is 1. The monoisotopic (exact) mass is 453 g/mol. The van der Waals surface area contributed by atoms with Crippen LogP contribution in [0.2, 0.25) is 0 Å². The second kappa shape index (κ2) is 9.83. The van der Waals surface area contributed by atoms with E-state index in [1.165, 1.54) is 12.1 Å². The van der Waals surface area contributed by atoms with Crippen molar-refractivity contribution in [3.63, 3.8) is 0 Å². The van der Waals surface area contributed by atoms with Crippen LogP contribution in [0, 0.1) is 5.82 Å². The summed E-state index contributed by atoms with van der Waals surface area (Å²) in [5, 5.41) is 7.12. The second-order valence-electron chi connectivity index (χ2n) is 6.64. The molecule has 0 atom stereocenters. The van der Waals surface area contributed by atoms with Crippen molar-refractivity contribution < 1.29 is 32.2 Å². The van der Waals surface area contributed by atoms with E-state index in [-0.39, 0.29) is 12.4 Å². The molecule has 2 aromatic heterocycles. The van der Waals surface area contributed by atoms with Gasteiger partial charge in [0, 0.05) is 18.7 Å². The van der Waals surface area contributed by atoms with Crippen molar-refractivity contribution in [3.8, 4) is 11.3 Å². The molecule has 4 rings (SSSR count). The molecule has 0 aliphatic carbocycles. The van der Waals surface area contributed by atoms with E-state index in [0.717, 1.165) is 41.2 Å². The van der Waals surface area contributed by atoms with Crippen molar-refractivity contribution in [2.75, 3.05) is 31.2 Å². The molecule has 170 valence electrons. The average Bonchev–Trinajstić information content (AvgIpc) is 2.79. The zero-order valence-corrected chi connectivity index (χ0v) is 16.6. The van der Waals surface area contributed by atoms with Crippen molar-refractivity contribution in [2.45, 2.75) is 12.7 Å². The third kappa shape index (κ3) is 5.65. The normalized spacial score (nSPS) is 14.1. The highest BCUT2D eigenvalue weighted by molar-refractivity contribution is 5.87. The number of aromatic nitrogens is 3. The van der Waals surface area contributed by atoms with Crippen LogP contribution in [0.3, 0.4) is 0 Å². The van der Waals surface area contributed by atoms with E-state index in [0.29, 0.717) is 19.0 Å². The Balaban J connectivity index is 0.000000360. The first kappa shape index (κ1) is 23.3. The number of aliphatic carboxylic acids is 1. The molecule has 0 saturated carbocycles. The van der Waals surface area contributed by atoms with Crippen molar-refractivity contribution in [2.24, 2.45) is 5.73 Å². The molecular formula is C20H19F4N5O3. The van der Waals surface area contributed by atoms with Gasteiger partial charge in [-0.15, -0.1) is 0 Å². The minimum absolute atomic E-state index is 0.269. The number of hydrogen-bond donors (Lipinski definition) is 2. The molecule has 3 aromatic rings. The fourth-order valence-electron chi connectivity index (χ4n) is 2.91. The molecule has 1 fully saturated rings. The Labute approximate surface area is 179 Å². The van der Waals surface area contributed by atoms with Crippen LogP contribution in [0.4, 0.5) is 23.4 Å². The lowest BCUT2D eigenvalue weighted by atomic mass is 10.1. The summed E-state index contributed by atoms with van der Waals surface area (Å²) in [4.78, 5) is 24.9. The van der Waals surface area contributed by atoms with Crippen LogP contribution in [-0.4, -0.2) is 58.5 Å². The predicted octanol–water partition coefficient (Wildman–Crippen LogP) is 2.76. The predicted molar refractivity (Wildman–Crippen MR) is 107 cm³/mol. The molecule has 0 radical (unpaired) electrons. The summed E-state index contributed by atoms with van der Waals surface area (Å²) in [6.45, 7) is 3.08. The lowest BCUT2D eigenvalue weighted by Gasteiger charge is -2.28. The van der Waals surface area contributed by atoms with Crippen molar-refractivity contribution in [1.82, 2.24) is 15.0 Å². The van der Waals surface area contributed by atoms with Crippen LogP contribution in [0.25, 0.3) is 22.3 Å². The van der Waals surface area contributed by atoms with Gasteiger partial charge in [-0.2, -0.15) is 13.2 Å². The number of carbonyl (C=O) groups is 1. The Morgan fingerprint density at radius 1 is 1.06 bits per heavy atom. The molecule has 1 saturated heterocycles. The van der Waals surface area contributed by atoms with Gasteiger partial charge in [0.15, 0.2) is 5.82 Å². The van der Waals surface area contributed by atoms with E-state index in [9.17, 15) is 17.6 Å². The van der Waals surface area contributed by atoms with Crippen molar-refractivity contribution in [1.29, 1.82) is 0 Å². The van der Waals surface area contributed by atoms with Crippen LogP contribution in [0.15, 0.2) is 36.4 Å². The Hall–Kier alpha value is -3.38. The number of nitrogens with two attached hydrogens (primary N) is 1. The lowest BCUT2D eigenvalue weighted by molar-refractivity contribution is -0.192. The number of hydrogen-bond acceptors (Lipinski definition) is 7. The topological polar surface area (TPSA) is 114 Å². The van der Waals surface area contributed by atoms with Crippen molar-refractivity contribution >= 4 is 22.8 Å². The Morgan fingerprint density at radius 2 is 1.69 bits per heavy atom. The highest BCUT2D eigenvalue weighted by Gasteiger charge is 2.38. The maximum atomic E-state index is 13.2.